The zero-order valence-electron chi connectivity index (χ0n) is 17.3. The number of ether oxygens (including phenoxy) is 1. The van der Waals surface area contributed by atoms with E-state index in [0.29, 0.717) is 22.7 Å². The van der Waals surface area contributed by atoms with Crippen molar-refractivity contribution < 1.29 is 9.53 Å². The molecular formula is C24H23N5O2. The highest BCUT2D eigenvalue weighted by atomic mass is 16.5. The third-order valence-corrected chi connectivity index (χ3v) is 5.35. The second kappa shape index (κ2) is 9.18. The number of hydrogen-bond acceptors (Lipinski definition) is 6. The summed E-state index contributed by atoms with van der Waals surface area (Å²) in [5.41, 5.74) is 3.38. The topological polar surface area (TPSA) is 81.5 Å². The molecule has 0 radical (unpaired) electrons. The van der Waals surface area contributed by atoms with E-state index in [2.05, 4.69) is 26.2 Å². The first-order valence-electron chi connectivity index (χ1n) is 10.1. The zero-order valence-corrected chi connectivity index (χ0v) is 17.3. The first kappa shape index (κ1) is 20.2. The molecule has 7 heteroatoms. The van der Waals surface area contributed by atoms with Crippen molar-refractivity contribution in [2.75, 3.05) is 48.4 Å². The Balaban J connectivity index is 1.33. The molecular weight excluding hydrogens is 390 g/mol. The number of hydrogen-bond donors (Lipinski definition) is 1. The van der Waals surface area contributed by atoms with Crippen LogP contribution in [-0.4, -0.2) is 44.2 Å². The number of nitrogens with zero attached hydrogens (tertiary/aromatic N) is 4. The summed E-state index contributed by atoms with van der Waals surface area (Å²) in [4.78, 5) is 21.4. The third kappa shape index (κ3) is 4.75. The summed E-state index contributed by atoms with van der Waals surface area (Å²) >= 11 is 0. The van der Waals surface area contributed by atoms with Gasteiger partial charge in [-0.2, -0.15) is 5.26 Å². The minimum atomic E-state index is -0.209. The molecule has 156 valence electrons. The number of nitriles is 1. The fourth-order valence-electron chi connectivity index (χ4n) is 3.55. The van der Waals surface area contributed by atoms with Gasteiger partial charge in [0.15, 0.2) is 0 Å². The number of rotatable bonds is 5. The Kier molecular flexibility index (Phi) is 5.99. The van der Waals surface area contributed by atoms with E-state index in [0.717, 1.165) is 37.6 Å². The Hall–Kier alpha value is -4.05. The lowest BCUT2D eigenvalue weighted by Gasteiger charge is -2.37. The van der Waals surface area contributed by atoms with Gasteiger partial charge in [-0.3, -0.25) is 4.79 Å². The molecule has 1 N–H and O–H groups in total. The average molecular weight is 413 g/mol. The van der Waals surface area contributed by atoms with E-state index >= 15 is 0 Å². The second-order valence-electron chi connectivity index (χ2n) is 7.22. The molecule has 0 bridgehead atoms. The number of carbonyl (C=O) groups excluding carboxylic acids is 1. The quantitative estimate of drug-likeness (QED) is 0.689. The van der Waals surface area contributed by atoms with Gasteiger partial charge in [0, 0.05) is 37.4 Å². The molecule has 2 aromatic carbocycles. The van der Waals surface area contributed by atoms with E-state index in [1.807, 2.05) is 36.4 Å². The van der Waals surface area contributed by atoms with Crippen LogP contribution in [-0.2, 0) is 0 Å². The normalized spacial score (nSPS) is 13.4. The van der Waals surface area contributed by atoms with Crippen LogP contribution in [0.15, 0.2) is 66.9 Å². The molecule has 4 rings (SSSR count). The number of benzene rings is 2. The Morgan fingerprint density at radius 2 is 1.55 bits per heavy atom. The van der Waals surface area contributed by atoms with Crippen LogP contribution in [0.25, 0.3) is 0 Å². The van der Waals surface area contributed by atoms with Crippen molar-refractivity contribution in [2.45, 2.75) is 0 Å². The molecule has 2 heterocycles. The summed E-state index contributed by atoms with van der Waals surface area (Å²) in [6.07, 6.45) is 1.79. The molecule has 7 nitrogen and oxygen atoms in total. The number of pyridine rings is 1. The Morgan fingerprint density at radius 1 is 0.935 bits per heavy atom. The van der Waals surface area contributed by atoms with Crippen LogP contribution in [0, 0.1) is 11.3 Å². The van der Waals surface area contributed by atoms with E-state index < -0.39 is 0 Å². The van der Waals surface area contributed by atoms with Crippen LogP contribution in [0.2, 0.25) is 0 Å². The van der Waals surface area contributed by atoms with Crippen molar-refractivity contribution in [1.29, 1.82) is 5.26 Å². The lowest BCUT2D eigenvalue weighted by molar-refractivity contribution is 0.102. The molecule has 0 unspecified atom stereocenters. The van der Waals surface area contributed by atoms with E-state index in [4.69, 9.17) is 10.00 Å². The number of piperazine rings is 1. The molecule has 0 atom stereocenters. The molecule has 1 amide bonds. The number of carbonyl (C=O) groups is 1. The highest BCUT2D eigenvalue weighted by Gasteiger charge is 2.18. The molecule has 0 saturated carbocycles. The third-order valence-electron chi connectivity index (χ3n) is 5.35. The molecule has 31 heavy (non-hydrogen) atoms. The fourth-order valence-corrected chi connectivity index (χ4v) is 3.55. The van der Waals surface area contributed by atoms with Crippen molar-refractivity contribution in [3.8, 4) is 11.8 Å². The molecule has 1 saturated heterocycles. The van der Waals surface area contributed by atoms with Gasteiger partial charge in [0.05, 0.1) is 30.6 Å². The van der Waals surface area contributed by atoms with Crippen molar-refractivity contribution in [2.24, 2.45) is 0 Å². The first-order valence-corrected chi connectivity index (χ1v) is 10.1. The summed E-state index contributed by atoms with van der Waals surface area (Å²) in [5.74, 6) is 1.01. The van der Waals surface area contributed by atoms with E-state index in [1.54, 1.807) is 37.6 Å². The molecule has 0 spiro atoms. The average Bonchev–Trinajstić information content (AvgIpc) is 2.85. The number of nitrogens with one attached hydrogen (secondary N) is 1. The monoisotopic (exact) mass is 413 g/mol. The van der Waals surface area contributed by atoms with Gasteiger partial charge in [0.25, 0.3) is 5.91 Å². The number of aromatic nitrogens is 1. The maximum atomic E-state index is 12.4. The maximum absolute atomic E-state index is 12.4. The predicted octanol–water partition coefficient (Wildman–Crippen LogP) is 3.54. The van der Waals surface area contributed by atoms with Gasteiger partial charge in [0.1, 0.15) is 11.6 Å². The van der Waals surface area contributed by atoms with Crippen LogP contribution < -0.4 is 19.9 Å². The highest BCUT2D eigenvalue weighted by molar-refractivity contribution is 6.03. The highest BCUT2D eigenvalue weighted by Crippen LogP contribution is 2.21. The largest absolute Gasteiger partial charge is 0.497 e. The predicted molar refractivity (Wildman–Crippen MR) is 121 cm³/mol. The van der Waals surface area contributed by atoms with Gasteiger partial charge in [0.2, 0.25) is 0 Å². The van der Waals surface area contributed by atoms with Crippen LogP contribution in [0.5, 0.6) is 5.75 Å². The summed E-state index contributed by atoms with van der Waals surface area (Å²) in [7, 11) is 1.59. The minimum Gasteiger partial charge on any atom is -0.497 e. The van der Waals surface area contributed by atoms with Gasteiger partial charge >= 0.3 is 0 Å². The summed E-state index contributed by atoms with van der Waals surface area (Å²) < 4.78 is 5.12. The molecule has 1 aromatic heterocycles. The number of amides is 1. The van der Waals surface area contributed by atoms with E-state index in [1.165, 1.54) is 0 Å². The van der Waals surface area contributed by atoms with E-state index in [9.17, 15) is 4.79 Å². The number of anilines is 3. The van der Waals surface area contributed by atoms with Gasteiger partial charge in [-0.05, 0) is 60.7 Å². The van der Waals surface area contributed by atoms with Gasteiger partial charge in [-0.25, -0.2) is 4.98 Å². The lowest BCUT2D eigenvalue weighted by atomic mass is 10.2. The SMILES string of the molecule is COc1ccc(C(=O)Nc2ccc(N3CCN(c4ccc(C#N)cc4)CC3)cn2)cc1. The van der Waals surface area contributed by atoms with Crippen molar-refractivity contribution >= 4 is 23.1 Å². The van der Waals surface area contributed by atoms with Gasteiger partial charge < -0.3 is 19.9 Å². The number of methoxy groups -OCH3 is 1. The Morgan fingerprint density at radius 3 is 2.10 bits per heavy atom. The standard InChI is InChI=1S/C24H23N5O2/c1-31-22-9-4-19(5-10-22)24(30)27-23-11-8-21(17-26-23)29-14-12-28(13-15-29)20-6-2-18(16-25)3-7-20/h2-11,17H,12-15H2,1H3,(H,26,27,30). The minimum absolute atomic E-state index is 0.209. The van der Waals surface area contributed by atoms with Crippen molar-refractivity contribution in [1.82, 2.24) is 4.98 Å². The lowest BCUT2D eigenvalue weighted by Crippen LogP contribution is -2.46. The maximum Gasteiger partial charge on any atom is 0.256 e. The molecule has 1 aliphatic rings. The van der Waals surface area contributed by atoms with Gasteiger partial charge in [-0.1, -0.05) is 0 Å². The van der Waals surface area contributed by atoms with E-state index in [-0.39, 0.29) is 5.91 Å². The van der Waals surface area contributed by atoms with Crippen molar-refractivity contribution in [3.05, 3.63) is 78.0 Å². The van der Waals surface area contributed by atoms with Crippen LogP contribution in [0.1, 0.15) is 15.9 Å². The summed E-state index contributed by atoms with van der Waals surface area (Å²) in [5, 5.41) is 11.8. The first-order chi connectivity index (χ1) is 15.2. The van der Waals surface area contributed by atoms with Crippen LogP contribution in [0.4, 0.5) is 17.2 Å². The fraction of sp³-hybridized carbons (Fsp3) is 0.208. The summed E-state index contributed by atoms with van der Waals surface area (Å²) in [6, 6.07) is 20.6. The van der Waals surface area contributed by atoms with Crippen LogP contribution >= 0.6 is 0 Å². The van der Waals surface area contributed by atoms with Crippen LogP contribution in [0.3, 0.4) is 0 Å². The smallest absolute Gasteiger partial charge is 0.256 e. The summed E-state index contributed by atoms with van der Waals surface area (Å²) in [6.45, 7) is 3.53. The molecule has 0 aliphatic carbocycles. The molecule has 1 fully saturated rings. The van der Waals surface area contributed by atoms with Crippen molar-refractivity contribution in [3.63, 3.8) is 0 Å². The molecule has 3 aromatic rings. The Labute approximate surface area is 181 Å². The second-order valence-corrected chi connectivity index (χ2v) is 7.22. The molecule has 1 aliphatic heterocycles. The Bertz CT molecular complexity index is 1060. The van der Waals surface area contributed by atoms with Gasteiger partial charge in [-0.15, -0.1) is 0 Å². The zero-order chi connectivity index (χ0) is 21.6.